The smallest absolute Gasteiger partial charge is 0.305 e. The van der Waals surface area contributed by atoms with Gasteiger partial charge in [-0.2, -0.15) is 0 Å². The van der Waals surface area contributed by atoms with Crippen molar-refractivity contribution in [1.82, 2.24) is 4.90 Å². The van der Waals surface area contributed by atoms with Crippen molar-refractivity contribution < 1.29 is 19.4 Å². The van der Waals surface area contributed by atoms with E-state index in [0.29, 0.717) is 18.9 Å². The van der Waals surface area contributed by atoms with Gasteiger partial charge in [0, 0.05) is 17.5 Å². The number of thioether (sulfide) groups is 1. The van der Waals surface area contributed by atoms with Gasteiger partial charge in [-0.25, -0.2) is 0 Å². The van der Waals surface area contributed by atoms with Gasteiger partial charge < -0.3 is 14.7 Å². The first-order valence-electron chi connectivity index (χ1n) is 7.47. The van der Waals surface area contributed by atoms with Crippen LogP contribution in [0.3, 0.4) is 0 Å². The Bertz CT molecular complexity index is 517. The number of carboxylic acids is 1. The highest BCUT2D eigenvalue weighted by atomic mass is 32.2. The molecule has 2 rings (SSSR count). The third-order valence-electron chi connectivity index (χ3n) is 3.60. The zero-order valence-electron chi connectivity index (χ0n) is 12.7. The summed E-state index contributed by atoms with van der Waals surface area (Å²) < 4.78 is 5.38. The maximum Gasteiger partial charge on any atom is 0.305 e. The Hall–Kier alpha value is -1.69. The summed E-state index contributed by atoms with van der Waals surface area (Å²) >= 11 is 1.47. The predicted octanol–water partition coefficient (Wildman–Crippen LogP) is 2.64. The second-order valence-electron chi connectivity index (χ2n) is 5.17. The molecule has 0 saturated carbocycles. The van der Waals surface area contributed by atoms with Gasteiger partial charge in [0.1, 0.15) is 5.75 Å². The van der Waals surface area contributed by atoms with Gasteiger partial charge >= 0.3 is 5.97 Å². The molecule has 1 fully saturated rings. The summed E-state index contributed by atoms with van der Waals surface area (Å²) in [6.07, 6.45) is 1.71. The number of carbonyl (C=O) groups excluding carboxylic acids is 1. The number of aliphatic carboxylic acids is 1. The molecule has 1 atom stereocenters. The predicted molar refractivity (Wildman–Crippen MR) is 85.3 cm³/mol. The van der Waals surface area contributed by atoms with Crippen molar-refractivity contribution in [2.24, 2.45) is 0 Å². The number of nitrogens with zero attached hydrogens (tertiary/aromatic N) is 1. The molecule has 5 nitrogen and oxygen atoms in total. The SMILES string of the molecule is CCOc1ccc(SCC(=O)N2CCCC2CC(=O)O)cc1. The minimum atomic E-state index is -0.844. The van der Waals surface area contributed by atoms with E-state index < -0.39 is 5.97 Å². The summed E-state index contributed by atoms with van der Waals surface area (Å²) in [6.45, 7) is 3.23. The van der Waals surface area contributed by atoms with Gasteiger partial charge in [0.25, 0.3) is 0 Å². The molecular weight excluding hydrogens is 302 g/mol. The summed E-state index contributed by atoms with van der Waals surface area (Å²) in [6, 6.07) is 7.49. The number of carbonyl (C=O) groups is 2. The van der Waals surface area contributed by atoms with Gasteiger partial charge in [0.05, 0.1) is 18.8 Å². The zero-order chi connectivity index (χ0) is 15.9. The van der Waals surface area contributed by atoms with Crippen molar-refractivity contribution in [1.29, 1.82) is 0 Å². The largest absolute Gasteiger partial charge is 0.494 e. The quantitative estimate of drug-likeness (QED) is 0.781. The lowest BCUT2D eigenvalue weighted by Gasteiger charge is -2.23. The van der Waals surface area contributed by atoms with E-state index in [1.807, 2.05) is 31.2 Å². The summed E-state index contributed by atoms with van der Waals surface area (Å²) in [5, 5.41) is 8.90. The van der Waals surface area contributed by atoms with Crippen LogP contribution < -0.4 is 4.74 Å². The molecule has 1 aromatic rings. The van der Waals surface area contributed by atoms with E-state index in [2.05, 4.69) is 0 Å². The highest BCUT2D eigenvalue weighted by Gasteiger charge is 2.30. The number of rotatable bonds is 7. The lowest BCUT2D eigenvalue weighted by atomic mass is 10.1. The Kier molecular flexibility index (Phi) is 6.12. The number of hydrogen-bond acceptors (Lipinski definition) is 4. The van der Waals surface area contributed by atoms with Crippen LogP contribution >= 0.6 is 11.8 Å². The van der Waals surface area contributed by atoms with Crippen LogP contribution in [0.5, 0.6) is 5.75 Å². The minimum absolute atomic E-state index is 0.0163. The molecule has 1 aromatic carbocycles. The Morgan fingerprint density at radius 2 is 2.09 bits per heavy atom. The molecule has 0 spiro atoms. The van der Waals surface area contributed by atoms with Crippen molar-refractivity contribution in [2.45, 2.75) is 37.1 Å². The molecule has 1 aliphatic rings. The molecule has 0 aromatic heterocycles. The summed E-state index contributed by atoms with van der Waals surface area (Å²) in [7, 11) is 0. The average molecular weight is 323 g/mol. The fourth-order valence-corrected chi connectivity index (χ4v) is 3.39. The molecule has 1 aliphatic heterocycles. The molecule has 1 amide bonds. The second kappa shape index (κ2) is 8.08. The third kappa shape index (κ3) is 4.66. The molecule has 0 bridgehead atoms. The van der Waals surface area contributed by atoms with Gasteiger partial charge in [-0.1, -0.05) is 0 Å². The van der Waals surface area contributed by atoms with E-state index in [4.69, 9.17) is 9.84 Å². The Balaban J connectivity index is 1.85. The molecule has 1 saturated heterocycles. The van der Waals surface area contributed by atoms with Crippen LogP contribution in [-0.2, 0) is 9.59 Å². The number of likely N-dealkylation sites (tertiary alicyclic amines) is 1. The van der Waals surface area contributed by atoms with Gasteiger partial charge in [0.15, 0.2) is 0 Å². The van der Waals surface area contributed by atoms with Crippen molar-refractivity contribution in [3.05, 3.63) is 24.3 Å². The van der Waals surface area contributed by atoms with Crippen LogP contribution in [0.1, 0.15) is 26.2 Å². The van der Waals surface area contributed by atoms with E-state index in [9.17, 15) is 9.59 Å². The molecule has 6 heteroatoms. The second-order valence-corrected chi connectivity index (χ2v) is 6.22. The van der Waals surface area contributed by atoms with Crippen molar-refractivity contribution in [3.63, 3.8) is 0 Å². The monoisotopic (exact) mass is 323 g/mol. The van der Waals surface area contributed by atoms with Gasteiger partial charge in [0.2, 0.25) is 5.91 Å². The maximum atomic E-state index is 12.3. The molecule has 120 valence electrons. The van der Waals surface area contributed by atoms with E-state index >= 15 is 0 Å². The molecule has 1 unspecified atom stereocenters. The van der Waals surface area contributed by atoms with E-state index in [-0.39, 0.29) is 18.4 Å². The highest BCUT2D eigenvalue weighted by Crippen LogP contribution is 2.25. The molecule has 0 radical (unpaired) electrons. The fourth-order valence-electron chi connectivity index (χ4n) is 2.60. The third-order valence-corrected chi connectivity index (χ3v) is 4.60. The zero-order valence-corrected chi connectivity index (χ0v) is 13.5. The van der Waals surface area contributed by atoms with E-state index in [1.165, 1.54) is 11.8 Å². The number of carboxylic acid groups (broad SMARTS) is 1. The standard InChI is InChI=1S/C16H21NO4S/c1-2-21-13-5-7-14(8-6-13)22-11-15(18)17-9-3-4-12(17)10-16(19)20/h5-8,12H,2-4,9-11H2,1H3,(H,19,20). The number of benzene rings is 1. The highest BCUT2D eigenvalue weighted by molar-refractivity contribution is 8.00. The molecule has 22 heavy (non-hydrogen) atoms. The first kappa shape index (κ1) is 16.7. The Morgan fingerprint density at radius 3 is 2.73 bits per heavy atom. The van der Waals surface area contributed by atoms with Crippen molar-refractivity contribution in [2.75, 3.05) is 18.9 Å². The van der Waals surface area contributed by atoms with E-state index in [0.717, 1.165) is 23.5 Å². The number of amides is 1. The first-order valence-corrected chi connectivity index (χ1v) is 8.45. The maximum absolute atomic E-state index is 12.3. The molecule has 0 aliphatic carbocycles. The van der Waals surface area contributed by atoms with Gasteiger partial charge in [-0.05, 0) is 44.0 Å². The molecule has 1 N–H and O–H groups in total. The summed E-state index contributed by atoms with van der Waals surface area (Å²) in [5.41, 5.74) is 0. The average Bonchev–Trinajstić information content (AvgIpc) is 2.94. The lowest BCUT2D eigenvalue weighted by Crippen LogP contribution is -2.37. The number of ether oxygens (including phenoxy) is 1. The number of hydrogen-bond donors (Lipinski definition) is 1. The van der Waals surface area contributed by atoms with Gasteiger partial charge in [-0.3, -0.25) is 9.59 Å². The molecule has 1 heterocycles. The minimum Gasteiger partial charge on any atom is -0.494 e. The Morgan fingerprint density at radius 1 is 1.36 bits per heavy atom. The van der Waals surface area contributed by atoms with Crippen molar-refractivity contribution in [3.8, 4) is 5.75 Å². The van der Waals surface area contributed by atoms with E-state index in [1.54, 1.807) is 4.90 Å². The van der Waals surface area contributed by atoms with Crippen LogP contribution in [-0.4, -0.2) is 46.8 Å². The van der Waals surface area contributed by atoms with Crippen LogP contribution in [0.4, 0.5) is 0 Å². The summed E-state index contributed by atoms with van der Waals surface area (Å²) in [5.74, 6) is 0.329. The van der Waals surface area contributed by atoms with Crippen LogP contribution in [0.25, 0.3) is 0 Å². The topological polar surface area (TPSA) is 66.8 Å². The van der Waals surface area contributed by atoms with Crippen LogP contribution in [0.15, 0.2) is 29.2 Å². The lowest BCUT2D eigenvalue weighted by molar-refractivity contribution is -0.139. The normalized spacial score (nSPS) is 17.5. The van der Waals surface area contributed by atoms with Crippen LogP contribution in [0.2, 0.25) is 0 Å². The summed E-state index contributed by atoms with van der Waals surface area (Å²) in [4.78, 5) is 25.8. The van der Waals surface area contributed by atoms with Gasteiger partial charge in [-0.15, -0.1) is 11.8 Å². The first-order chi connectivity index (χ1) is 10.6. The van der Waals surface area contributed by atoms with Crippen molar-refractivity contribution >= 4 is 23.6 Å². The molecular formula is C16H21NO4S. The van der Waals surface area contributed by atoms with Crippen LogP contribution in [0, 0.1) is 0 Å². The Labute approximate surface area is 134 Å². The fraction of sp³-hybridized carbons (Fsp3) is 0.500.